The molecule has 3 aromatic heterocycles. The Morgan fingerprint density at radius 3 is 1.30 bits per heavy atom. The lowest BCUT2D eigenvalue weighted by Crippen LogP contribution is -1.96. The second kappa shape index (κ2) is 13.4. The zero-order valence-electron chi connectivity index (χ0n) is 29.3. The average molecular weight is 689 g/mol. The molecule has 0 unspecified atom stereocenters. The lowest BCUT2D eigenvalue weighted by atomic mass is 9.93. The second-order valence-corrected chi connectivity index (χ2v) is 13.4. The molecule has 0 radical (unpaired) electrons. The topological polar surface area (TPSA) is 51.6 Å². The van der Waals surface area contributed by atoms with Crippen LogP contribution in [0.25, 0.3) is 100 Å². The van der Waals surface area contributed by atoms with E-state index >= 15 is 0 Å². The summed E-state index contributed by atoms with van der Waals surface area (Å²) in [7, 11) is 0. The van der Waals surface area contributed by atoms with E-state index in [0.29, 0.717) is 5.82 Å². The number of hydrogen-bond acceptors (Lipinski definition) is 4. The van der Waals surface area contributed by atoms with E-state index in [1.165, 1.54) is 10.9 Å². The normalized spacial score (nSPS) is 11.3. The summed E-state index contributed by atoms with van der Waals surface area (Å²) < 4.78 is 0. The molecule has 10 rings (SSSR count). The molecule has 0 amide bonds. The van der Waals surface area contributed by atoms with Crippen LogP contribution in [0.15, 0.2) is 194 Å². The Morgan fingerprint density at radius 2 is 0.685 bits per heavy atom. The molecule has 0 atom stereocenters. The molecule has 10 aromatic rings. The first-order valence-corrected chi connectivity index (χ1v) is 18.1. The Kier molecular flexibility index (Phi) is 7.77. The van der Waals surface area contributed by atoms with Crippen molar-refractivity contribution in [3.8, 4) is 67.5 Å². The molecular formula is C50H32N4. The molecule has 4 nitrogen and oxygen atoms in total. The van der Waals surface area contributed by atoms with Gasteiger partial charge in [0.1, 0.15) is 0 Å². The molecule has 0 aliphatic rings. The summed E-state index contributed by atoms with van der Waals surface area (Å²) in [5, 5.41) is 4.47. The second-order valence-electron chi connectivity index (χ2n) is 13.4. The fraction of sp³-hybridized carbons (Fsp3) is 0. The minimum absolute atomic E-state index is 0.709. The van der Waals surface area contributed by atoms with Crippen molar-refractivity contribution in [2.24, 2.45) is 0 Å². The summed E-state index contributed by atoms with van der Waals surface area (Å²) >= 11 is 0. The number of fused-ring (bicyclic) bond motifs is 4. The number of aromatic nitrogens is 4. The van der Waals surface area contributed by atoms with Gasteiger partial charge in [-0.2, -0.15) is 0 Å². The standard InChI is InChI=1S/C50H32N4/c1-4-12-34(13-5-1)44-30-26-37-24-25-38-27-31-45(52-49(38)48(37)51-44)43-29-28-40(41-18-10-11-19-42(41)43)33-20-22-36(23-21-33)47-32-46(35-14-6-2-7-15-35)53-50(54-47)39-16-8-3-9-17-39/h1-32H. The molecule has 0 fully saturated rings. The molecule has 7 aromatic carbocycles. The molecule has 0 saturated heterocycles. The van der Waals surface area contributed by atoms with E-state index in [2.05, 4.69) is 140 Å². The van der Waals surface area contributed by atoms with Crippen LogP contribution in [-0.4, -0.2) is 19.9 Å². The van der Waals surface area contributed by atoms with Crippen LogP contribution in [0.4, 0.5) is 0 Å². The van der Waals surface area contributed by atoms with Crippen LogP contribution in [0.5, 0.6) is 0 Å². The molecule has 252 valence electrons. The van der Waals surface area contributed by atoms with E-state index in [9.17, 15) is 0 Å². The van der Waals surface area contributed by atoms with Crippen molar-refractivity contribution in [1.29, 1.82) is 0 Å². The SMILES string of the molecule is c1ccc(-c2cc(-c3ccc(-c4ccc(-c5ccc6ccc7ccc(-c8ccccc8)nc7c6n5)c5ccccc45)cc3)nc(-c3ccccc3)n2)cc1. The fourth-order valence-electron chi connectivity index (χ4n) is 7.35. The summed E-state index contributed by atoms with van der Waals surface area (Å²) in [5.74, 6) is 0.709. The van der Waals surface area contributed by atoms with Gasteiger partial charge in [0.15, 0.2) is 5.82 Å². The highest BCUT2D eigenvalue weighted by Gasteiger charge is 2.15. The van der Waals surface area contributed by atoms with Crippen LogP contribution in [-0.2, 0) is 0 Å². The zero-order chi connectivity index (χ0) is 35.8. The smallest absolute Gasteiger partial charge is 0.160 e. The van der Waals surface area contributed by atoms with Crippen LogP contribution in [0.1, 0.15) is 0 Å². The maximum atomic E-state index is 5.29. The Morgan fingerprint density at radius 1 is 0.259 bits per heavy atom. The average Bonchev–Trinajstić information content (AvgIpc) is 3.26. The number of benzene rings is 7. The quantitative estimate of drug-likeness (QED) is 0.163. The predicted molar refractivity (Wildman–Crippen MR) is 223 cm³/mol. The van der Waals surface area contributed by atoms with Gasteiger partial charge >= 0.3 is 0 Å². The third kappa shape index (κ3) is 5.76. The number of pyridine rings is 2. The molecule has 0 aliphatic carbocycles. The first kappa shape index (κ1) is 31.4. The van der Waals surface area contributed by atoms with Crippen LogP contribution in [0.3, 0.4) is 0 Å². The van der Waals surface area contributed by atoms with Gasteiger partial charge in [-0.1, -0.05) is 176 Å². The van der Waals surface area contributed by atoms with E-state index in [4.69, 9.17) is 19.9 Å². The summed E-state index contributed by atoms with van der Waals surface area (Å²) in [6.07, 6.45) is 0. The minimum atomic E-state index is 0.709. The van der Waals surface area contributed by atoms with Crippen molar-refractivity contribution < 1.29 is 0 Å². The highest BCUT2D eigenvalue weighted by Crippen LogP contribution is 2.37. The Labute approximate surface area is 313 Å². The Balaban J connectivity index is 1.04. The van der Waals surface area contributed by atoms with E-state index in [-0.39, 0.29) is 0 Å². The molecular weight excluding hydrogens is 657 g/mol. The summed E-state index contributed by atoms with van der Waals surface area (Å²) in [6.45, 7) is 0. The predicted octanol–water partition coefficient (Wildman–Crippen LogP) is 12.7. The van der Waals surface area contributed by atoms with E-state index < -0.39 is 0 Å². The van der Waals surface area contributed by atoms with Gasteiger partial charge in [-0.15, -0.1) is 0 Å². The Hall–Kier alpha value is -7.30. The van der Waals surface area contributed by atoms with E-state index in [0.717, 1.165) is 83.3 Å². The fourth-order valence-corrected chi connectivity index (χ4v) is 7.35. The van der Waals surface area contributed by atoms with E-state index in [1.807, 2.05) is 54.6 Å². The van der Waals surface area contributed by atoms with Crippen LogP contribution in [0, 0.1) is 0 Å². The molecule has 0 saturated carbocycles. The van der Waals surface area contributed by atoms with Gasteiger partial charge in [-0.3, -0.25) is 0 Å². The first-order valence-electron chi connectivity index (χ1n) is 18.1. The van der Waals surface area contributed by atoms with Crippen molar-refractivity contribution >= 4 is 32.6 Å². The molecule has 54 heavy (non-hydrogen) atoms. The summed E-state index contributed by atoms with van der Waals surface area (Å²) in [4.78, 5) is 20.4. The molecule has 0 N–H and O–H groups in total. The molecule has 0 bridgehead atoms. The summed E-state index contributed by atoms with van der Waals surface area (Å²) in [6, 6.07) is 67.4. The minimum Gasteiger partial charge on any atom is -0.245 e. The highest BCUT2D eigenvalue weighted by atomic mass is 14.9. The molecule has 0 spiro atoms. The van der Waals surface area contributed by atoms with Crippen molar-refractivity contribution in [3.05, 3.63) is 194 Å². The number of nitrogens with zero attached hydrogens (tertiary/aromatic N) is 4. The lowest BCUT2D eigenvalue weighted by Gasteiger charge is -2.13. The monoisotopic (exact) mass is 688 g/mol. The van der Waals surface area contributed by atoms with E-state index in [1.54, 1.807) is 0 Å². The number of hydrogen-bond donors (Lipinski definition) is 0. The molecule has 0 aliphatic heterocycles. The maximum absolute atomic E-state index is 5.29. The zero-order valence-corrected chi connectivity index (χ0v) is 29.3. The van der Waals surface area contributed by atoms with Gasteiger partial charge in [0, 0.05) is 38.6 Å². The van der Waals surface area contributed by atoms with Crippen molar-refractivity contribution in [3.63, 3.8) is 0 Å². The molecule has 3 heterocycles. The van der Waals surface area contributed by atoms with Gasteiger partial charge in [0.2, 0.25) is 0 Å². The third-order valence-electron chi connectivity index (χ3n) is 10.1. The lowest BCUT2D eigenvalue weighted by molar-refractivity contribution is 1.18. The number of rotatable bonds is 6. The molecule has 4 heteroatoms. The largest absolute Gasteiger partial charge is 0.245 e. The maximum Gasteiger partial charge on any atom is 0.160 e. The summed E-state index contributed by atoms with van der Waals surface area (Å²) in [5.41, 5.74) is 13.0. The Bertz CT molecular complexity index is 2900. The van der Waals surface area contributed by atoms with Gasteiger partial charge in [-0.05, 0) is 40.1 Å². The third-order valence-corrected chi connectivity index (χ3v) is 10.1. The van der Waals surface area contributed by atoms with Gasteiger partial charge in [0.25, 0.3) is 0 Å². The van der Waals surface area contributed by atoms with Gasteiger partial charge in [-0.25, -0.2) is 19.9 Å². The van der Waals surface area contributed by atoms with Crippen molar-refractivity contribution in [2.45, 2.75) is 0 Å². The van der Waals surface area contributed by atoms with Crippen LogP contribution < -0.4 is 0 Å². The van der Waals surface area contributed by atoms with Gasteiger partial charge in [0.05, 0.1) is 33.8 Å². The van der Waals surface area contributed by atoms with Gasteiger partial charge < -0.3 is 0 Å². The van der Waals surface area contributed by atoms with Crippen molar-refractivity contribution in [2.75, 3.05) is 0 Å². The van der Waals surface area contributed by atoms with Crippen molar-refractivity contribution in [1.82, 2.24) is 19.9 Å². The van der Waals surface area contributed by atoms with Crippen LogP contribution >= 0.6 is 0 Å². The first-order chi connectivity index (χ1) is 26.7. The highest BCUT2D eigenvalue weighted by molar-refractivity contribution is 6.07. The van der Waals surface area contributed by atoms with Crippen LogP contribution in [0.2, 0.25) is 0 Å².